The molecule has 0 N–H and O–H groups in total. The van der Waals surface area contributed by atoms with Crippen molar-refractivity contribution in [2.75, 3.05) is 26.9 Å². The van der Waals surface area contributed by atoms with Gasteiger partial charge < -0.3 is 23.7 Å². The molecule has 0 radical (unpaired) electrons. The number of halogens is 1. The molecule has 7 nitrogen and oxygen atoms in total. The number of hydrogen-bond acceptors (Lipinski definition) is 5. The lowest BCUT2D eigenvalue weighted by Gasteiger charge is -2.45. The summed E-state index contributed by atoms with van der Waals surface area (Å²) >= 11 is 0. The number of aryl methyl sites for hydroxylation is 1. The molecule has 2 aromatic carbocycles. The molecule has 0 saturated carbocycles. The number of benzene rings is 2. The molecule has 0 unspecified atom stereocenters. The molecular weight excluding hydrogens is 425 g/mol. The molecule has 3 heterocycles. The van der Waals surface area contributed by atoms with Crippen LogP contribution >= 0.6 is 0 Å². The first kappa shape index (κ1) is 21.2. The van der Waals surface area contributed by atoms with E-state index in [1.807, 2.05) is 35.9 Å². The Bertz CT molecular complexity index is 1200. The number of methoxy groups -OCH3 is 1. The number of carbonyl (C=O) groups excluding carboxylic acids is 1. The van der Waals surface area contributed by atoms with Gasteiger partial charge >= 0.3 is 0 Å². The standard InChI is InChI=1S/C25H24FN3O4/c1-16-11-28(15-27-16)21-8-3-17(9-23(21)31-2)10-24-25(30)29-20(13-33-24)12-32-14-22(29)18-4-6-19(26)7-5-18/h3-11,15,20,22H,12-14H2,1-2H3/t20-,22+/m1/s1. The van der Waals surface area contributed by atoms with Gasteiger partial charge in [0.1, 0.15) is 18.2 Å². The van der Waals surface area contributed by atoms with Crippen molar-refractivity contribution in [3.8, 4) is 11.4 Å². The number of aromatic nitrogens is 2. The maximum absolute atomic E-state index is 13.4. The Morgan fingerprint density at radius 2 is 1.97 bits per heavy atom. The minimum Gasteiger partial charge on any atom is -0.495 e. The molecule has 0 bridgehead atoms. The van der Waals surface area contributed by atoms with E-state index < -0.39 is 0 Å². The Hall–Kier alpha value is -3.65. The summed E-state index contributed by atoms with van der Waals surface area (Å²) in [4.78, 5) is 19.5. The Morgan fingerprint density at radius 3 is 2.70 bits per heavy atom. The summed E-state index contributed by atoms with van der Waals surface area (Å²) in [5.41, 5.74) is 3.36. The van der Waals surface area contributed by atoms with Crippen LogP contribution in [-0.2, 0) is 14.3 Å². The van der Waals surface area contributed by atoms with Gasteiger partial charge in [0.05, 0.1) is 50.1 Å². The van der Waals surface area contributed by atoms with E-state index in [4.69, 9.17) is 14.2 Å². The fourth-order valence-electron chi connectivity index (χ4n) is 4.29. The molecule has 2 fully saturated rings. The third-order valence-electron chi connectivity index (χ3n) is 5.94. The van der Waals surface area contributed by atoms with Gasteiger partial charge in [0.25, 0.3) is 5.91 Å². The molecule has 2 aliphatic heterocycles. The normalized spacial score (nSPS) is 21.6. The molecule has 3 aromatic rings. The predicted molar refractivity (Wildman–Crippen MR) is 119 cm³/mol. The third-order valence-corrected chi connectivity index (χ3v) is 5.94. The van der Waals surface area contributed by atoms with E-state index in [1.54, 1.807) is 36.5 Å². The van der Waals surface area contributed by atoms with Crippen LogP contribution in [0.5, 0.6) is 5.75 Å². The van der Waals surface area contributed by atoms with Gasteiger partial charge in [-0.15, -0.1) is 0 Å². The number of fused-ring (bicyclic) bond motifs is 1. The van der Waals surface area contributed by atoms with Crippen LogP contribution in [0.3, 0.4) is 0 Å². The zero-order chi connectivity index (χ0) is 22.9. The number of carbonyl (C=O) groups is 1. The van der Waals surface area contributed by atoms with Gasteiger partial charge in [-0.3, -0.25) is 4.79 Å². The zero-order valence-corrected chi connectivity index (χ0v) is 18.4. The maximum Gasteiger partial charge on any atom is 0.289 e. The number of rotatable bonds is 4. The van der Waals surface area contributed by atoms with Crippen LogP contribution in [0.1, 0.15) is 22.9 Å². The second-order valence-corrected chi connectivity index (χ2v) is 8.14. The lowest BCUT2D eigenvalue weighted by Crippen LogP contribution is -2.56. The topological polar surface area (TPSA) is 65.8 Å². The molecule has 5 rings (SSSR count). The van der Waals surface area contributed by atoms with Gasteiger partial charge in [-0.05, 0) is 48.4 Å². The van der Waals surface area contributed by atoms with Crippen molar-refractivity contribution in [2.24, 2.45) is 0 Å². The number of morpholine rings is 2. The van der Waals surface area contributed by atoms with Crippen LogP contribution in [0.15, 0.2) is 60.7 Å². The summed E-state index contributed by atoms with van der Waals surface area (Å²) < 4.78 is 32.4. The lowest BCUT2D eigenvalue weighted by molar-refractivity contribution is -0.157. The number of hydrogen-bond donors (Lipinski definition) is 0. The molecule has 8 heteroatoms. The number of imidazole rings is 1. The molecule has 170 valence electrons. The Labute approximate surface area is 191 Å². The molecule has 2 aliphatic rings. The van der Waals surface area contributed by atoms with Gasteiger partial charge in [-0.2, -0.15) is 0 Å². The van der Waals surface area contributed by atoms with E-state index in [0.717, 1.165) is 22.5 Å². The van der Waals surface area contributed by atoms with Crippen molar-refractivity contribution in [1.82, 2.24) is 14.5 Å². The van der Waals surface area contributed by atoms with Crippen molar-refractivity contribution in [3.05, 3.63) is 83.4 Å². The second-order valence-electron chi connectivity index (χ2n) is 8.14. The summed E-state index contributed by atoms with van der Waals surface area (Å²) in [5, 5.41) is 0. The fourth-order valence-corrected chi connectivity index (χ4v) is 4.29. The SMILES string of the molecule is COc1cc(C=C2OC[C@H]3COC[C@@H](c4ccc(F)cc4)N3C2=O)ccc1-n1cnc(C)c1. The van der Waals surface area contributed by atoms with Gasteiger partial charge in [-0.1, -0.05) is 18.2 Å². The fraction of sp³-hybridized carbons (Fsp3) is 0.280. The van der Waals surface area contributed by atoms with Crippen molar-refractivity contribution >= 4 is 12.0 Å². The van der Waals surface area contributed by atoms with E-state index >= 15 is 0 Å². The van der Waals surface area contributed by atoms with Gasteiger partial charge in [0, 0.05) is 6.20 Å². The zero-order valence-electron chi connectivity index (χ0n) is 18.4. The molecule has 2 saturated heterocycles. The quantitative estimate of drug-likeness (QED) is 0.569. The van der Waals surface area contributed by atoms with Crippen LogP contribution in [0, 0.1) is 12.7 Å². The highest BCUT2D eigenvalue weighted by molar-refractivity contribution is 5.97. The molecule has 0 aliphatic carbocycles. The molecule has 1 amide bonds. The van der Waals surface area contributed by atoms with E-state index in [0.29, 0.717) is 25.6 Å². The van der Waals surface area contributed by atoms with Crippen molar-refractivity contribution in [1.29, 1.82) is 0 Å². The van der Waals surface area contributed by atoms with Crippen molar-refractivity contribution < 1.29 is 23.4 Å². The smallest absolute Gasteiger partial charge is 0.289 e. The number of amides is 1. The summed E-state index contributed by atoms with van der Waals surface area (Å²) in [6.07, 6.45) is 5.37. The van der Waals surface area contributed by atoms with Gasteiger partial charge in [0.2, 0.25) is 0 Å². The Morgan fingerprint density at radius 1 is 1.15 bits per heavy atom. The molecule has 33 heavy (non-hydrogen) atoms. The first-order valence-corrected chi connectivity index (χ1v) is 10.7. The van der Waals surface area contributed by atoms with Gasteiger partial charge in [0.15, 0.2) is 5.76 Å². The molecule has 0 spiro atoms. The number of nitrogens with zero attached hydrogens (tertiary/aromatic N) is 3. The summed E-state index contributed by atoms with van der Waals surface area (Å²) in [5.74, 6) is 0.383. The Balaban J connectivity index is 1.44. The van der Waals surface area contributed by atoms with Crippen LogP contribution < -0.4 is 4.74 Å². The highest BCUT2D eigenvalue weighted by Gasteiger charge is 2.41. The van der Waals surface area contributed by atoms with Crippen LogP contribution in [0.2, 0.25) is 0 Å². The highest BCUT2D eigenvalue weighted by atomic mass is 19.1. The van der Waals surface area contributed by atoms with E-state index in [-0.39, 0.29) is 29.6 Å². The predicted octanol–water partition coefficient (Wildman–Crippen LogP) is 3.67. The third kappa shape index (κ3) is 4.09. The summed E-state index contributed by atoms with van der Waals surface area (Å²) in [6, 6.07) is 11.4. The average molecular weight is 449 g/mol. The average Bonchev–Trinajstić information content (AvgIpc) is 3.27. The summed E-state index contributed by atoms with van der Waals surface area (Å²) in [6.45, 7) is 3.02. The first-order chi connectivity index (χ1) is 16.0. The highest BCUT2D eigenvalue weighted by Crippen LogP contribution is 2.33. The van der Waals surface area contributed by atoms with Gasteiger partial charge in [-0.25, -0.2) is 9.37 Å². The molecule has 2 atom stereocenters. The first-order valence-electron chi connectivity index (χ1n) is 10.7. The van der Waals surface area contributed by atoms with Crippen LogP contribution in [-0.4, -0.2) is 53.3 Å². The summed E-state index contributed by atoms with van der Waals surface area (Å²) in [7, 11) is 1.60. The number of ether oxygens (including phenoxy) is 3. The van der Waals surface area contributed by atoms with Crippen molar-refractivity contribution in [3.63, 3.8) is 0 Å². The monoisotopic (exact) mass is 449 g/mol. The van der Waals surface area contributed by atoms with E-state index in [2.05, 4.69) is 4.98 Å². The van der Waals surface area contributed by atoms with Crippen LogP contribution in [0.4, 0.5) is 4.39 Å². The second kappa shape index (κ2) is 8.71. The van der Waals surface area contributed by atoms with E-state index in [9.17, 15) is 9.18 Å². The largest absolute Gasteiger partial charge is 0.495 e. The Kier molecular flexibility index (Phi) is 5.60. The minimum absolute atomic E-state index is 0.195. The maximum atomic E-state index is 13.4. The van der Waals surface area contributed by atoms with Crippen molar-refractivity contribution in [2.45, 2.75) is 19.0 Å². The van der Waals surface area contributed by atoms with Crippen LogP contribution in [0.25, 0.3) is 11.8 Å². The van der Waals surface area contributed by atoms with E-state index in [1.165, 1.54) is 12.1 Å². The minimum atomic E-state index is -0.316. The lowest BCUT2D eigenvalue weighted by atomic mass is 10.0. The molecule has 1 aromatic heterocycles. The molecular formula is C25H24FN3O4.